The Balaban J connectivity index is 2.98. The van der Waals surface area contributed by atoms with Crippen molar-refractivity contribution in [3.63, 3.8) is 0 Å². The molecule has 0 heterocycles. The fourth-order valence-electron chi connectivity index (χ4n) is 1.61. The first kappa shape index (κ1) is 14.5. The van der Waals surface area contributed by atoms with Crippen molar-refractivity contribution in [1.82, 2.24) is 4.90 Å². The molecule has 1 amide bonds. The van der Waals surface area contributed by atoms with Crippen molar-refractivity contribution in [3.05, 3.63) is 35.1 Å². The maximum atomic E-state index is 13.5. The van der Waals surface area contributed by atoms with Gasteiger partial charge in [-0.25, -0.2) is 13.2 Å². The summed E-state index contributed by atoms with van der Waals surface area (Å²) in [7, 11) is 0. The molecule has 0 unspecified atom stereocenters. The fraction of sp³-hybridized carbons (Fsp3) is 0.462. The van der Waals surface area contributed by atoms with Crippen molar-refractivity contribution in [2.45, 2.75) is 26.7 Å². The number of amides is 1. The number of carbonyl (C=O) groups is 1. The molecule has 0 aliphatic carbocycles. The molecular formula is C13H16F3NO. The Kier molecular flexibility index (Phi) is 5.19. The first-order valence-corrected chi connectivity index (χ1v) is 5.95. The zero-order chi connectivity index (χ0) is 13.7. The van der Waals surface area contributed by atoms with Gasteiger partial charge in [-0.2, -0.15) is 0 Å². The van der Waals surface area contributed by atoms with E-state index >= 15 is 0 Å². The number of rotatable bonds is 5. The second-order valence-electron chi connectivity index (χ2n) is 3.96. The second-order valence-corrected chi connectivity index (χ2v) is 3.96. The Bertz CT molecular complexity index is 434. The lowest BCUT2D eigenvalue weighted by Crippen LogP contribution is -2.32. The molecule has 0 saturated carbocycles. The molecule has 0 bridgehead atoms. The number of unbranched alkanes of at least 4 members (excludes halogenated alkanes) is 1. The third kappa shape index (κ3) is 3.03. The molecule has 1 aromatic carbocycles. The third-order valence-electron chi connectivity index (χ3n) is 2.72. The van der Waals surface area contributed by atoms with Gasteiger partial charge in [0, 0.05) is 13.1 Å². The van der Waals surface area contributed by atoms with Gasteiger partial charge < -0.3 is 4.90 Å². The largest absolute Gasteiger partial charge is 0.339 e. The Labute approximate surface area is 104 Å². The molecular weight excluding hydrogens is 243 g/mol. The monoisotopic (exact) mass is 259 g/mol. The third-order valence-corrected chi connectivity index (χ3v) is 2.72. The zero-order valence-corrected chi connectivity index (χ0v) is 10.5. The fourth-order valence-corrected chi connectivity index (χ4v) is 1.61. The van der Waals surface area contributed by atoms with Crippen molar-refractivity contribution in [2.75, 3.05) is 13.1 Å². The first-order valence-electron chi connectivity index (χ1n) is 5.95. The molecule has 0 spiro atoms. The number of halogens is 3. The Morgan fingerprint density at radius 2 is 1.83 bits per heavy atom. The number of nitrogens with zero attached hydrogens (tertiary/aromatic N) is 1. The van der Waals surface area contributed by atoms with Crippen molar-refractivity contribution in [3.8, 4) is 0 Å². The van der Waals surface area contributed by atoms with Gasteiger partial charge in [-0.1, -0.05) is 13.3 Å². The summed E-state index contributed by atoms with van der Waals surface area (Å²) in [6, 6.07) is 1.74. The highest BCUT2D eigenvalue weighted by Gasteiger charge is 2.22. The second kappa shape index (κ2) is 6.42. The summed E-state index contributed by atoms with van der Waals surface area (Å²) in [5.74, 6) is -4.93. The molecule has 0 saturated heterocycles. The lowest BCUT2D eigenvalue weighted by Gasteiger charge is -2.21. The van der Waals surface area contributed by atoms with Crippen LogP contribution in [0.5, 0.6) is 0 Å². The number of hydrogen-bond acceptors (Lipinski definition) is 1. The van der Waals surface area contributed by atoms with Gasteiger partial charge in [-0.05, 0) is 25.5 Å². The van der Waals surface area contributed by atoms with Gasteiger partial charge >= 0.3 is 0 Å². The zero-order valence-electron chi connectivity index (χ0n) is 10.5. The molecule has 0 fully saturated rings. The Morgan fingerprint density at radius 1 is 1.17 bits per heavy atom. The van der Waals surface area contributed by atoms with E-state index in [0.717, 1.165) is 25.0 Å². The van der Waals surface area contributed by atoms with Crippen LogP contribution in [0.15, 0.2) is 12.1 Å². The summed E-state index contributed by atoms with van der Waals surface area (Å²) in [4.78, 5) is 13.4. The molecule has 1 aromatic rings. The van der Waals surface area contributed by atoms with Gasteiger partial charge in [0.05, 0.1) is 5.56 Å². The van der Waals surface area contributed by atoms with E-state index in [1.54, 1.807) is 6.92 Å². The lowest BCUT2D eigenvalue weighted by atomic mass is 10.1. The molecule has 5 heteroatoms. The summed E-state index contributed by atoms with van der Waals surface area (Å²) in [5, 5.41) is 0. The minimum atomic E-state index is -1.60. The average Bonchev–Trinajstić information content (AvgIpc) is 2.37. The normalized spacial score (nSPS) is 10.5. The van der Waals surface area contributed by atoms with Crippen molar-refractivity contribution in [2.24, 2.45) is 0 Å². The van der Waals surface area contributed by atoms with Crippen LogP contribution in [0.3, 0.4) is 0 Å². The van der Waals surface area contributed by atoms with Gasteiger partial charge in [-0.15, -0.1) is 0 Å². The molecule has 100 valence electrons. The summed E-state index contributed by atoms with van der Waals surface area (Å²) in [6.07, 6.45) is 1.68. The van der Waals surface area contributed by atoms with Gasteiger partial charge in [0.1, 0.15) is 0 Å². The highest BCUT2D eigenvalue weighted by molar-refractivity contribution is 5.94. The van der Waals surface area contributed by atoms with Crippen LogP contribution >= 0.6 is 0 Å². The van der Waals surface area contributed by atoms with E-state index in [4.69, 9.17) is 0 Å². The molecule has 18 heavy (non-hydrogen) atoms. The molecule has 0 radical (unpaired) electrons. The molecule has 0 N–H and O–H groups in total. The van der Waals surface area contributed by atoms with Crippen LogP contribution in [-0.2, 0) is 0 Å². The highest BCUT2D eigenvalue weighted by Crippen LogP contribution is 2.17. The predicted molar refractivity (Wildman–Crippen MR) is 62.8 cm³/mol. The SMILES string of the molecule is CCCCN(CC)C(=O)c1ccc(F)c(F)c1F. The summed E-state index contributed by atoms with van der Waals surface area (Å²) >= 11 is 0. The molecule has 1 rings (SSSR count). The maximum absolute atomic E-state index is 13.5. The van der Waals surface area contributed by atoms with Gasteiger partial charge in [0.2, 0.25) is 0 Å². The number of hydrogen-bond donors (Lipinski definition) is 0. The smallest absolute Gasteiger partial charge is 0.256 e. The van der Waals surface area contributed by atoms with E-state index in [0.29, 0.717) is 13.1 Å². The molecule has 0 aliphatic rings. The Morgan fingerprint density at radius 3 is 2.39 bits per heavy atom. The summed E-state index contributed by atoms with van der Waals surface area (Å²) in [6.45, 7) is 4.60. The maximum Gasteiger partial charge on any atom is 0.256 e. The van der Waals surface area contributed by atoms with Gasteiger partial charge in [0.25, 0.3) is 5.91 Å². The van der Waals surface area contributed by atoms with Crippen molar-refractivity contribution >= 4 is 5.91 Å². The highest BCUT2D eigenvalue weighted by atomic mass is 19.2. The van der Waals surface area contributed by atoms with E-state index in [1.807, 2.05) is 6.92 Å². The molecule has 0 aromatic heterocycles. The topological polar surface area (TPSA) is 20.3 Å². The minimum Gasteiger partial charge on any atom is -0.339 e. The van der Waals surface area contributed by atoms with Crippen LogP contribution in [0.1, 0.15) is 37.0 Å². The van der Waals surface area contributed by atoms with Crippen LogP contribution < -0.4 is 0 Å². The van der Waals surface area contributed by atoms with Crippen molar-refractivity contribution < 1.29 is 18.0 Å². The van der Waals surface area contributed by atoms with Crippen LogP contribution in [0.4, 0.5) is 13.2 Å². The van der Waals surface area contributed by atoms with E-state index in [2.05, 4.69) is 0 Å². The number of carbonyl (C=O) groups excluding carboxylic acids is 1. The van der Waals surface area contributed by atoms with E-state index in [-0.39, 0.29) is 0 Å². The average molecular weight is 259 g/mol. The predicted octanol–water partition coefficient (Wildman–Crippen LogP) is 3.37. The van der Waals surface area contributed by atoms with Crippen LogP contribution in [0.2, 0.25) is 0 Å². The van der Waals surface area contributed by atoms with Crippen molar-refractivity contribution in [1.29, 1.82) is 0 Å². The van der Waals surface area contributed by atoms with Crippen LogP contribution in [0, 0.1) is 17.5 Å². The number of benzene rings is 1. The molecule has 0 aliphatic heterocycles. The quantitative estimate of drug-likeness (QED) is 0.742. The standard InChI is InChI=1S/C13H16F3NO/c1-3-5-8-17(4-2)13(18)9-6-7-10(14)12(16)11(9)15/h6-7H,3-5,8H2,1-2H3. The minimum absolute atomic E-state index is 0.400. The lowest BCUT2D eigenvalue weighted by molar-refractivity contribution is 0.0756. The summed E-state index contributed by atoms with van der Waals surface area (Å²) in [5.41, 5.74) is -0.424. The van der Waals surface area contributed by atoms with Gasteiger partial charge in [-0.3, -0.25) is 4.79 Å². The molecule has 0 atom stereocenters. The van der Waals surface area contributed by atoms with Gasteiger partial charge in [0.15, 0.2) is 17.5 Å². The van der Waals surface area contributed by atoms with E-state index in [1.165, 1.54) is 4.90 Å². The Hall–Kier alpha value is -1.52. The van der Waals surface area contributed by atoms with E-state index < -0.39 is 28.9 Å². The van der Waals surface area contributed by atoms with E-state index in [9.17, 15) is 18.0 Å². The molecule has 2 nitrogen and oxygen atoms in total. The summed E-state index contributed by atoms with van der Waals surface area (Å²) < 4.78 is 39.3. The first-order chi connectivity index (χ1) is 8.52. The van der Waals surface area contributed by atoms with Crippen LogP contribution in [0.25, 0.3) is 0 Å². The van der Waals surface area contributed by atoms with Crippen LogP contribution in [-0.4, -0.2) is 23.9 Å².